The van der Waals surface area contributed by atoms with Gasteiger partial charge >= 0.3 is 0 Å². The number of piperidine rings is 1. The highest BCUT2D eigenvalue weighted by atomic mass is 32.2. The van der Waals surface area contributed by atoms with E-state index in [1.807, 2.05) is 6.26 Å². The molecule has 9 heteroatoms. The maximum atomic E-state index is 12.8. The van der Waals surface area contributed by atoms with Crippen molar-refractivity contribution in [1.29, 1.82) is 0 Å². The molecule has 0 radical (unpaired) electrons. The molecule has 8 nitrogen and oxygen atoms in total. The quantitative estimate of drug-likeness (QED) is 0.678. The number of imide groups is 2. The van der Waals surface area contributed by atoms with Gasteiger partial charge in [-0.3, -0.25) is 34.2 Å². The van der Waals surface area contributed by atoms with Gasteiger partial charge in [0.25, 0.3) is 11.8 Å². The maximum Gasteiger partial charge on any atom is 0.262 e. The van der Waals surface area contributed by atoms with Crippen molar-refractivity contribution in [3.05, 3.63) is 35.4 Å². The van der Waals surface area contributed by atoms with Crippen LogP contribution in [0.5, 0.6) is 0 Å². The lowest BCUT2D eigenvalue weighted by atomic mass is 10.0. The zero-order valence-electron chi connectivity index (χ0n) is 14.7. The highest BCUT2D eigenvalue weighted by Gasteiger charge is 2.43. The SMILES string of the molecule is CSCCC(C(=O)NC1CCC(=O)NC1=O)N1C(=O)c2ccccc2C1=O. The molecule has 0 saturated carbocycles. The first-order valence-electron chi connectivity index (χ1n) is 8.54. The lowest BCUT2D eigenvalue weighted by Crippen LogP contribution is -2.57. The number of thioether (sulfide) groups is 1. The number of hydrogen-bond donors (Lipinski definition) is 2. The van der Waals surface area contributed by atoms with E-state index in [9.17, 15) is 24.0 Å². The monoisotopic (exact) mass is 389 g/mol. The number of benzene rings is 1. The first kappa shape index (κ1) is 19.1. The average molecular weight is 389 g/mol. The molecule has 2 heterocycles. The van der Waals surface area contributed by atoms with Crippen LogP contribution in [0.15, 0.2) is 24.3 Å². The number of amides is 5. The van der Waals surface area contributed by atoms with E-state index >= 15 is 0 Å². The van der Waals surface area contributed by atoms with Crippen LogP contribution in [0.3, 0.4) is 0 Å². The van der Waals surface area contributed by atoms with Gasteiger partial charge in [-0.2, -0.15) is 11.8 Å². The number of nitrogens with one attached hydrogen (secondary N) is 2. The van der Waals surface area contributed by atoms with Crippen molar-refractivity contribution in [3.8, 4) is 0 Å². The molecule has 1 saturated heterocycles. The summed E-state index contributed by atoms with van der Waals surface area (Å²) in [6, 6.07) is 4.55. The van der Waals surface area contributed by atoms with Gasteiger partial charge in [-0.25, -0.2) is 0 Å². The van der Waals surface area contributed by atoms with E-state index in [1.165, 1.54) is 11.8 Å². The van der Waals surface area contributed by atoms with Gasteiger partial charge < -0.3 is 5.32 Å². The van der Waals surface area contributed by atoms with Crippen LogP contribution in [0.4, 0.5) is 0 Å². The van der Waals surface area contributed by atoms with Crippen LogP contribution >= 0.6 is 11.8 Å². The molecule has 2 atom stereocenters. The Morgan fingerprint density at radius 3 is 2.41 bits per heavy atom. The standard InChI is InChI=1S/C18H19N3O5S/c1-27-9-8-13(16(24)19-12-6-7-14(22)20-15(12)23)21-17(25)10-4-2-3-5-11(10)18(21)26/h2-5,12-13H,6-9H2,1H3,(H,19,24)(H,20,22,23). The Balaban J connectivity index is 1.81. The van der Waals surface area contributed by atoms with E-state index in [0.29, 0.717) is 5.75 Å². The van der Waals surface area contributed by atoms with E-state index in [2.05, 4.69) is 10.6 Å². The molecule has 2 unspecified atom stereocenters. The van der Waals surface area contributed by atoms with Crippen molar-refractivity contribution >= 4 is 41.3 Å². The predicted octanol–water partition coefficient (Wildman–Crippen LogP) is 0.326. The Labute approximate surface area is 160 Å². The highest BCUT2D eigenvalue weighted by Crippen LogP contribution is 2.26. The van der Waals surface area contributed by atoms with E-state index < -0.39 is 35.7 Å². The van der Waals surface area contributed by atoms with E-state index in [1.54, 1.807) is 24.3 Å². The zero-order chi connectivity index (χ0) is 19.6. The second kappa shape index (κ2) is 7.91. The summed E-state index contributed by atoms with van der Waals surface area (Å²) in [5.74, 6) is -2.01. The number of rotatable bonds is 6. The van der Waals surface area contributed by atoms with Crippen molar-refractivity contribution < 1.29 is 24.0 Å². The number of nitrogens with zero attached hydrogens (tertiary/aromatic N) is 1. The molecule has 3 rings (SSSR count). The Kier molecular flexibility index (Phi) is 5.59. The molecule has 2 N–H and O–H groups in total. The summed E-state index contributed by atoms with van der Waals surface area (Å²) in [6.07, 6.45) is 2.44. The summed E-state index contributed by atoms with van der Waals surface area (Å²) in [7, 11) is 0. The molecule has 27 heavy (non-hydrogen) atoms. The predicted molar refractivity (Wildman–Crippen MR) is 98.0 cm³/mol. The number of hydrogen-bond acceptors (Lipinski definition) is 6. The van der Waals surface area contributed by atoms with Gasteiger partial charge in [0.2, 0.25) is 17.7 Å². The third-order valence-corrected chi connectivity index (χ3v) is 5.23. The Morgan fingerprint density at radius 2 is 1.85 bits per heavy atom. The van der Waals surface area contributed by atoms with Crippen LogP contribution < -0.4 is 10.6 Å². The zero-order valence-corrected chi connectivity index (χ0v) is 15.5. The summed E-state index contributed by atoms with van der Waals surface area (Å²) in [6.45, 7) is 0. The molecule has 2 aliphatic rings. The number of carbonyl (C=O) groups is 5. The van der Waals surface area contributed by atoms with E-state index in [0.717, 1.165) is 4.90 Å². The second-order valence-corrected chi connectivity index (χ2v) is 7.32. The number of fused-ring (bicyclic) bond motifs is 1. The van der Waals surface area contributed by atoms with Gasteiger partial charge in [0.15, 0.2) is 0 Å². The van der Waals surface area contributed by atoms with Crippen LogP contribution in [0, 0.1) is 0 Å². The normalized spacial score (nSPS) is 20.3. The summed E-state index contributed by atoms with van der Waals surface area (Å²) in [4.78, 5) is 62.4. The number of carbonyl (C=O) groups excluding carboxylic acids is 5. The molecule has 1 aromatic rings. The maximum absolute atomic E-state index is 12.8. The first-order chi connectivity index (χ1) is 12.9. The smallest absolute Gasteiger partial charge is 0.262 e. The first-order valence-corrected chi connectivity index (χ1v) is 9.93. The van der Waals surface area contributed by atoms with E-state index in [4.69, 9.17) is 0 Å². The van der Waals surface area contributed by atoms with Crippen molar-refractivity contribution in [2.24, 2.45) is 0 Å². The fourth-order valence-electron chi connectivity index (χ4n) is 3.20. The fourth-order valence-corrected chi connectivity index (χ4v) is 3.66. The van der Waals surface area contributed by atoms with Gasteiger partial charge in [0, 0.05) is 6.42 Å². The largest absolute Gasteiger partial charge is 0.342 e. The fraction of sp³-hybridized carbons (Fsp3) is 0.389. The molecule has 0 spiro atoms. The van der Waals surface area contributed by atoms with Gasteiger partial charge in [-0.15, -0.1) is 0 Å². The van der Waals surface area contributed by atoms with Crippen molar-refractivity contribution in [1.82, 2.24) is 15.5 Å². The van der Waals surface area contributed by atoms with Crippen LogP contribution in [0.1, 0.15) is 40.0 Å². The summed E-state index contributed by atoms with van der Waals surface area (Å²) in [5.41, 5.74) is 0.538. The molecule has 2 aliphatic heterocycles. The minimum Gasteiger partial charge on any atom is -0.342 e. The summed E-state index contributed by atoms with van der Waals surface area (Å²) in [5, 5.41) is 4.76. The Morgan fingerprint density at radius 1 is 1.22 bits per heavy atom. The minimum absolute atomic E-state index is 0.124. The van der Waals surface area contributed by atoms with Crippen molar-refractivity contribution in [2.45, 2.75) is 31.3 Å². The molecule has 5 amide bonds. The molecule has 0 aromatic heterocycles. The Hall–Kier alpha value is -2.68. The lowest BCUT2D eigenvalue weighted by molar-refractivity contribution is -0.138. The van der Waals surface area contributed by atoms with Crippen molar-refractivity contribution in [2.75, 3.05) is 12.0 Å². The molecule has 1 aromatic carbocycles. The molecule has 0 aliphatic carbocycles. The van der Waals surface area contributed by atoms with Crippen LogP contribution in [-0.2, 0) is 14.4 Å². The summed E-state index contributed by atoms with van der Waals surface area (Å²) < 4.78 is 0. The highest BCUT2D eigenvalue weighted by molar-refractivity contribution is 7.98. The van der Waals surface area contributed by atoms with E-state index in [-0.39, 0.29) is 36.3 Å². The van der Waals surface area contributed by atoms with Gasteiger partial charge in [0.05, 0.1) is 11.1 Å². The van der Waals surface area contributed by atoms with Crippen molar-refractivity contribution in [3.63, 3.8) is 0 Å². The van der Waals surface area contributed by atoms with Gasteiger partial charge in [0.1, 0.15) is 12.1 Å². The van der Waals surface area contributed by atoms with Crippen LogP contribution in [0.2, 0.25) is 0 Å². The van der Waals surface area contributed by atoms with Crippen LogP contribution in [-0.4, -0.2) is 58.5 Å². The lowest BCUT2D eigenvalue weighted by Gasteiger charge is -2.28. The Bertz CT molecular complexity index is 790. The second-order valence-electron chi connectivity index (χ2n) is 6.34. The molecule has 0 bridgehead atoms. The third-order valence-electron chi connectivity index (χ3n) is 4.59. The average Bonchev–Trinajstić information content (AvgIpc) is 2.90. The topological polar surface area (TPSA) is 113 Å². The van der Waals surface area contributed by atoms with Gasteiger partial charge in [-0.05, 0) is 37.0 Å². The van der Waals surface area contributed by atoms with Gasteiger partial charge in [-0.1, -0.05) is 12.1 Å². The molecular weight excluding hydrogens is 370 g/mol. The molecule has 142 valence electrons. The van der Waals surface area contributed by atoms with Crippen LogP contribution in [0.25, 0.3) is 0 Å². The third kappa shape index (κ3) is 3.73. The molecular formula is C18H19N3O5S. The summed E-state index contributed by atoms with van der Waals surface area (Å²) >= 11 is 1.49. The minimum atomic E-state index is -1.02. The molecule has 1 fully saturated rings.